The van der Waals surface area contributed by atoms with Gasteiger partial charge in [0, 0.05) is 19.6 Å². The number of likely N-dealkylation sites (tertiary alicyclic amines) is 1. The summed E-state index contributed by atoms with van der Waals surface area (Å²) in [5, 5.41) is 3.55. The van der Waals surface area contributed by atoms with Crippen molar-refractivity contribution in [3.63, 3.8) is 0 Å². The molecule has 2 heterocycles. The molecule has 116 valence electrons. The molecule has 1 aromatic heterocycles. The van der Waals surface area contributed by atoms with Gasteiger partial charge in [-0.3, -0.25) is 4.79 Å². The molecule has 0 radical (unpaired) electrons. The van der Waals surface area contributed by atoms with Crippen LogP contribution in [0.2, 0.25) is 5.02 Å². The van der Waals surface area contributed by atoms with Gasteiger partial charge >= 0.3 is 0 Å². The molecule has 1 unspecified atom stereocenters. The van der Waals surface area contributed by atoms with E-state index in [9.17, 15) is 4.79 Å². The molecular weight excluding hydrogens is 286 g/mol. The first-order chi connectivity index (χ1) is 10.2. The maximum Gasteiger partial charge on any atom is 0.274 e. The third-order valence-corrected chi connectivity index (χ3v) is 4.42. The Labute approximate surface area is 131 Å². The normalized spacial score (nSPS) is 19.2. The highest BCUT2D eigenvalue weighted by atomic mass is 35.5. The van der Waals surface area contributed by atoms with Crippen LogP contribution in [-0.2, 0) is 0 Å². The molecule has 1 saturated heterocycles. The summed E-state index contributed by atoms with van der Waals surface area (Å²) in [4.78, 5) is 19.0. The van der Waals surface area contributed by atoms with Gasteiger partial charge in [0.05, 0.1) is 5.02 Å². The predicted molar refractivity (Wildman–Crippen MR) is 86.9 cm³/mol. The van der Waals surface area contributed by atoms with Gasteiger partial charge in [0.1, 0.15) is 11.5 Å². The second-order valence-electron chi connectivity index (χ2n) is 5.55. The molecule has 1 aliphatic heterocycles. The lowest BCUT2D eigenvalue weighted by atomic mass is 9.98. The topological polar surface area (TPSA) is 45.2 Å². The average molecular weight is 310 g/mol. The molecule has 1 fully saturated rings. The van der Waals surface area contributed by atoms with Gasteiger partial charge in [-0.05, 0) is 44.2 Å². The molecule has 0 bridgehead atoms. The first kappa shape index (κ1) is 16.1. The van der Waals surface area contributed by atoms with Gasteiger partial charge in [-0.15, -0.1) is 0 Å². The maximum atomic E-state index is 12.7. The number of nitrogens with one attached hydrogen (secondary N) is 1. The molecule has 1 aliphatic rings. The highest BCUT2D eigenvalue weighted by Crippen LogP contribution is 2.23. The van der Waals surface area contributed by atoms with Gasteiger partial charge < -0.3 is 10.2 Å². The summed E-state index contributed by atoms with van der Waals surface area (Å²) in [6.45, 7) is 6.60. The van der Waals surface area contributed by atoms with Crippen LogP contribution in [0.15, 0.2) is 12.1 Å². The first-order valence-corrected chi connectivity index (χ1v) is 8.23. The van der Waals surface area contributed by atoms with Crippen molar-refractivity contribution in [2.45, 2.75) is 39.5 Å². The number of pyridine rings is 1. The fraction of sp³-hybridized carbons (Fsp3) is 0.625. The second-order valence-corrected chi connectivity index (χ2v) is 5.96. The van der Waals surface area contributed by atoms with Crippen molar-refractivity contribution < 1.29 is 4.79 Å². The van der Waals surface area contributed by atoms with Crippen molar-refractivity contribution in [3.8, 4) is 0 Å². The molecule has 1 atom stereocenters. The summed E-state index contributed by atoms with van der Waals surface area (Å²) in [5.41, 5.74) is 0.366. The van der Waals surface area contributed by atoms with E-state index < -0.39 is 0 Å². The van der Waals surface area contributed by atoms with Gasteiger partial charge in [0.15, 0.2) is 0 Å². The Morgan fingerprint density at radius 3 is 2.90 bits per heavy atom. The van der Waals surface area contributed by atoms with E-state index in [1.807, 2.05) is 11.8 Å². The van der Waals surface area contributed by atoms with E-state index in [0.717, 1.165) is 38.4 Å². The molecule has 5 heteroatoms. The minimum absolute atomic E-state index is 0.0449. The van der Waals surface area contributed by atoms with Crippen LogP contribution in [-0.4, -0.2) is 35.4 Å². The largest absolute Gasteiger partial charge is 0.370 e. The van der Waals surface area contributed by atoms with Crippen LogP contribution in [0.4, 0.5) is 5.82 Å². The monoisotopic (exact) mass is 309 g/mol. The fourth-order valence-electron chi connectivity index (χ4n) is 2.80. The number of anilines is 1. The Kier molecular flexibility index (Phi) is 5.85. The van der Waals surface area contributed by atoms with Crippen LogP contribution < -0.4 is 5.32 Å². The Morgan fingerprint density at radius 2 is 2.19 bits per heavy atom. The van der Waals surface area contributed by atoms with Crippen LogP contribution in [0.1, 0.15) is 50.0 Å². The number of hydrogen-bond acceptors (Lipinski definition) is 3. The lowest BCUT2D eigenvalue weighted by Crippen LogP contribution is -2.33. The molecule has 4 nitrogen and oxygen atoms in total. The molecule has 0 spiro atoms. The number of carbonyl (C=O) groups excluding carboxylic acids is 1. The Bertz CT molecular complexity index is 492. The van der Waals surface area contributed by atoms with E-state index in [4.69, 9.17) is 11.6 Å². The van der Waals surface area contributed by atoms with E-state index in [1.54, 1.807) is 12.1 Å². The van der Waals surface area contributed by atoms with Crippen LogP contribution in [0, 0.1) is 5.92 Å². The summed E-state index contributed by atoms with van der Waals surface area (Å²) >= 11 is 6.17. The number of aromatic nitrogens is 1. The molecule has 0 aliphatic carbocycles. The SMILES string of the molecule is CCNc1ccc(Cl)c(C(=O)N2CCCC(CC)CC2)n1. The summed E-state index contributed by atoms with van der Waals surface area (Å²) in [7, 11) is 0. The predicted octanol–water partition coefficient (Wildman–Crippen LogP) is 3.82. The summed E-state index contributed by atoms with van der Waals surface area (Å²) < 4.78 is 0. The van der Waals surface area contributed by atoms with Gasteiger partial charge in [-0.2, -0.15) is 0 Å². The third kappa shape index (κ3) is 4.10. The van der Waals surface area contributed by atoms with Gasteiger partial charge in [-0.25, -0.2) is 4.98 Å². The number of amides is 1. The van der Waals surface area contributed by atoms with Crippen LogP contribution in [0.25, 0.3) is 0 Å². The molecule has 1 aromatic rings. The lowest BCUT2D eigenvalue weighted by Gasteiger charge is -2.21. The van der Waals surface area contributed by atoms with E-state index in [-0.39, 0.29) is 5.91 Å². The Hall–Kier alpha value is -1.29. The van der Waals surface area contributed by atoms with Crippen molar-refractivity contribution in [1.29, 1.82) is 0 Å². The fourth-order valence-corrected chi connectivity index (χ4v) is 2.98. The van der Waals surface area contributed by atoms with Crippen LogP contribution in [0.3, 0.4) is 0 Å². The van der Waals surface area contributed by atoms with Crippen molar-refractivity contribution in [2.75, 3.05) is 25.0 Å². The van der Waals surface area contributed by atoms with Crippen LogP contribution >= 0.6 is 11.6 Å². The smallest absolute Gasteiger partial charge is 0.274 e. The summed E-state index contributed by atoms with van der Waals surface area (Å²) in [6, 6.07) is 3.55. The highest BCUT2D eigenvalue weighted by Gasteiger charge is 2.23. The van der Waals surface area contributed by atoms with Crippen LogP contribution in [0.5, 0.6) is 0 Å². The van der Waals surface area contributed by atoms with E-state index >= 15 is 0 Å². The zero-order valence-electron chi connectivity index (χ0n) is 12.9. The number of rotatable bonds is 4. The maximum absolute atomic E-state index is 12.7. The molecule has 1 N–H and O–H groups in total. The van der Waals surface area contributed by atoms with E-state index in [2.05, 4.69) is 17.2 Å². The molecule has 1 amide bonds. The van der Waals surface area contributed by atoms with Gasteiger partial charge in [0.2, 0.25) is 0 Å². The van der Waals surface area contributed by atoms with E-state index in [1.165, 1.54) is 12.8 Å². The van der Waals surface area contributed by atoms with Crippen molar-refractivity contribution in [3.05, 3.63) is 22.8 Å². The Morgan fingerprint density at radius 1 is 1.38 bits per heavy atom. The Balaban J connectivity index is 2.13. The molecule has 0 saturated carbocycles. The molecule has 0 aromatic carbocycles. The standard InChI is InChI=1S/C16H24ClN3O/c1-3-12-6-5-10-20(11-9-12)16(21)15-13(17)7-8-14(19-15)18-4-2/h7-8,12H,3-6,9-11H2,1-2H3,(H,18,19). The zero-order chi connectivity index (χ0) is 15.2. The lowest BCUT2D eigenvalue weighted by molar-refractivity contribution is 0.0754. The molecule has 2 rings (SSSR count). The minimum atomic E-state index is -0.0449. The molecular formula is C16H24ClN3O. The van der Waals surface area contributed by atoms with Crippen molar-refractivity contribution >= 4 is 23.3 Å². The number of halogens is 1. The van der Waals surface area contributed by atoms with Gasteiger partial charge in [-0.1, -0.05) is 24.9 Å². The summed E-state index contributed by atoms with van der Waals surface area (Å²) in [6.07, 6.45) is 4.54. The van der Waals surface area contributed by atoms with Gasteiger partial charge in [0.25, 0.3) is 5.91 Å². The zero-order valence-corrected chi connectivity index (χ0v) is 13.6. The quantitative estimate of drug-likeness (QED) is 0.919. The highest BCUT2D eigenvalue weighted by molar-refractivity contribution is 6.33. The minimum Gasteiger partial charge on any atom is -0.370 e. The third-order valence-electron chi connectivity index (χ3n) is 4.12. The molecule has 21 heavy (non-hydrogen) atoms. The first-order valence-electron chi connectivity index (χ1n) is 7.85. The average Bonchev–Trinajstić information content (AvgIpc) is 2.74. The van der Waals surface area contributed by atoms with Crippen molar-refractivity contribution in [1.82, 2.24) is 9.88 Å². The second kappa shape index (κ2) is 7.64. The summed E-state index contributed by atoms with van der Waals surface area (Å²) in [5.74, 6) is 1.39. The van der Waals surface area contributed by atoms with E-state index in [0.29, 0.717) is 16.5 Å². The number of hydrogen-bond donors (Lipinski definition) is 1. The number of carbonyl (C=O) groups is 1. The van der Waals surface area contributed by atoms with Crippen molar-refractivity contribution in [2.24, 2.45) is 5.92 Å². The number of nitrogens with zero attached hydrogens (tertiary/aromatic N) is 2.